The van der Waals surface area contributed by atoms with Gasteiger partial charge in [0, 0.05) is 28.4 Å². The maximum absolute atomic E-state index is 12.0. The van der Waals surface area contributed by atoms with Gasteiger partial charge in [-0.2, -0.15) is 0 Å². The van der Waals surface area contributed by atoms with Crippen molar-refractivity contribution in [3.05, 3.63) is 70.5 Å². The third kappa shape index (κ3) is 3.44. The summed E-state index contributed by atoms with van der Waals surface area (Å²) >= 11 is 7.24. The average molecular weight is 328 g/mol. The van der Waals surface area contributed by atoms with E-state index in [1.165, 1.54) is 17.4 Å². The highest BCUT2D eigenvalue weighted by atomic mass is 35.5. The van der Waals surface area contributed by atoms with Gasteiger partial charge in [0.15, 0.2) is 16.6 Å². The minimum absolute atomic E-state index is 0.0952. The molecule has 3 rings (SSSR count). The first kappa shape index (κ1) is 14.6. The Balaban J connectivity index is 1.75. The number of aromatic nitrogens is 3. The Morgan fingerprint density at radius 1 is 1.14 bits per heavy atom. The average Bonchev–Trinajstić information content (AvgIpc) is 3.03. The van der Waals surface area contributed by atoms with E-state index in [-0.39, 0.29) is 5.78 Å². The fourth-order valence-corrected chi connectivity index (χ4v) is 2.60. The molecule has 22 heavy (non-hydrogen) atoms. The predicted octanol–water partition coefficient (Wildman–Crippen LogP) is 4.15. The molecule has 4 nitrogen and oxygen atoms in total. The van der Waals surface area contributed by atoms with Crippen molar-refractivity contribution in [1.82, 2.24) is 15.0 Å². The maximum Gasteiger partial charge on any atom is 0.188 e. The van der Waals surface area contributed by atoms with E-state index in [2.05, 4.69) is 15.0 Å². The quantitative estimate of drug-likeness (QED) is 0.533. The fourth-order valence-electron chi connectivity index (χ4n) is 1.75. The van der Waals surface area contributed by atoms with Gasteiger partial charge in [0.25, 0.3) is 0 Å². The van der Waals surface area contributed by atoms with Gasteiger partial charge in [-0.1, -0.05) is 11.6 Å². The van der Waals surface area contributed by atoms with Gasteiger partial charge in [-0.05, 0) is 42.5 Å². The van der Waals surface area contributed by atoms with Crippen molar-refractivity contribution in [3.8, 4) is 10.8 Å². The minimum atomic E-state index is -0.0952. The van der Waals surface area contributed by atoms with Gasteiger partial charge in [-0.15, -0.1) is 11.3 Å². The van der Waals surface area contributed by atoms with Crippen LogP contribution in [0.1, 0.15) is 16.1 Å². The van der Waals surface area contributed by atoms with Crippen molar-refractivity contribution in [1.29, 1.82) is 0 Å². The van der Waals surface area contributed by atoms with E-state index >= 15 is 0 Å². The molecule has 0 amide bonds. The Morgan fingerprint density at radius 3 is 2.59 bits per heavy atom. The molecular formula is C16H10ClN3OS. The molecule has 6 heteroatoms. The van der Waals surface area contributed by atoms with E-state index in [0.717, 1.165) is 5.01 Å². The number of thiazole rings is 1. The summed E-state index contributed by atoms with van der Waals surface area (Å²) in [5, 5.41) is 3.18. The van der Waals surface area contributed by atoms with E-state index in [4.69, 9.17) is 11.6 Å². The highest BCUT2D eigenvalue weighted by Crippen LogP contribution is 2.20. The van der Waals surface area contributed by atoms with Crippen LogP contribution >= 0.6 is 22.9 Å². The minimum Gasteiger partial charge on any atom is -0.289 e. The summed E-state index contributed by atoms with van der Waals surface area (Å²) in [5.41, 5.74) is 1.29. The van der Waals surface area contributed by atoms with Crippen molar-refractivity contribution >= 4 is 34.8 Å². The Hall–Kier alpha value is -2.37. The van der Waals surface area contributed by atoms with Crippen molar-refractivity contribution in [3.63, 3.8) is 0 Å². The number of carbonyl (C=O) groups is 1. The first-order chi connectivity index (χ1) is 10.7. The molecule has 1 aromatic carbocycles. The van der Waals surface area contributed by atoms with Gasteiger partial charge in [0.05, 0.1) is 5.69 Å². The molecule has 0 radical (unpaired) electrons. The molecular weight excluding hydrogens is 318 g/mol. The van der Waals surface area contributed by atoms with Crippen LogP contribution in [-0.4, -0.2) is 20.7 Å². The third-order valence-corrected chi connectivity index (χ3v) is 3.92. The summed E-state index contributed by atoms with van der Waals surface area (Å²) in [5.74, 6) is 0.485. The number of nitrogens with zero attached hydrogens (tertiary/aromatic N) is 3. The molecule has 0 aliphatic heterocycles. The third-order valence-electron chi connectivity index (χ3n) is 2.81. The molecule has 108 valence electrons. The van der Waals surface area contributed by atoms with Gasteiger partial charge in [0.1, 0.15) is 0 Å². The summed E-state index contributed by atoms with van der Waals surface area (Å²) in [6.45, 7) is 0. The lowest BCUT2D eigenvalue weighted by atomic mass is 10.1. The number of rotatable bonds is 4. The number of carbonyl (C=O) groups excluding carboxylic acids is 1. The number of ketones is 1. The Kier molecular flexibility index (Phi) is 4.37. The van der Waals surface area contributed by atoms with Gasteiger partial charge in [-0.3, -0.25) is 4.79 Å². The zero-order valence-corrected chi connectivity index (χ0v) is 12.9. The lowest BCUT2D eigenvalue weighted by Crippen LogP contribution is -1.93. The van der Waals surface area contributed by atoms with Gasteiger partial charge in [0.2, 0.25) is 0 Å². The number of allylic oxidation sites excluding steroid dienone is 1. The molecule has 0 spiro atoms. The second-order valence-electron chi connectivity index (χ2n) is 4.35. The molecule has 2 heterocycles. The molecule has 0 aliphatic carbocycles. The molecule has 0 aliphatic rings. The monoisotopic (exact) mass is 327 g/mol. The molecule has 0 saturated heterocycles. The molecule has 0 atom stereocenters. The Morgan fingerprint density at radius 2 is 1.86 bits per heavy atom. The number of halogens is 1. The topological polar surface area (TPSA) is 55.7 Å². The van der Waals surface area contributed by atoms with Crippen LogP contribution in [0.4, 0.5) is 0 Å². The van der Waals surface area contributed by atoms with Gasteiger partial charge < -0.3 is 0 Å². The largest absolute Gasteiger partial charge is 0.289 e. The number of benzene rings is 1. The highest BCUT2D eigenvalue weighted by molar-refractivity contribution is 7.13. The molecule has 2 aromatic heterocycles. The van der Waals surface area contributed by atoms with Crippen molar-refractivity contribution in [2.75, 3.05) is 0 Å². The first-order valence-electron chi connectivity index (χ1n) is 6.43. The van der Waals surface area contributed by atoms with Crippen LogP contribution < -0.4 is 0 Å². The normalized spacial score (nSPS) is 11.0. The molecule has 0 saturated carbocycles. The molecule has 3 aromatic rings. The lowest BCUT2D eigenvalue weighted by molar-refractivity contribution is 0.104. The van der Waals surface area contributed by atoms with Crippen LogP contribution in [0.25, 0.3) is 16.9 Å². The summed E-state index contributed by atoms with van der Waals surface area (Å²) < 4.78 is 0. The highest BCUT2D eigenvalue weighted by Gasteiger charge is 2.06. The van der Waals surface area contributed by atoms with E-state index < -0.39 is 0 Å². The summed E-state index contributed by atoms with van der Waals surface area (Å²) in [7, 11) is 0. The smallest absolute Gasteiger partial charge is 0.188 e. The van der Waals surface area contributed by atoms with Gasteiger partial charge >= 0.3 is 0 Å². The predicted molar refractivity (Wildman–Crippen MR) is 88.0 cm³/mol. The Labute approximate surface area is 136 Å². The zero-order valence-electron chi connectivity index (χ0n) is 11.3. The zero-order chi connectivity index (χ0) is 15.4. The fraction of sp³-hybridized carbons (Fsp3) is 0. The Bertz CT molecular complexity index is 813. The second-order valence-corrected chi connectivity index (χ2v) is 5.65. The van der Waals surface area contributed by atoms with Crippen LogP contribution in [0.2, 0.25) is 5.02 Å². The van der Waals surface area contributed by atoms with Crippen molar-refractivity contribution < 1.29 is 4.79 Å². The van der Waals surface area contributed by atoms with Crippen LogP contribution in [0, 0.1) is 0 Å². The summed E-state index contributed by atoms with van der Waals surface area (Å²) in [6, 6.07) is 8.52. The lowest BCUT2D eigenvalue weighted by Gasteiger charge is -1.95. The van der Waals surface area contributed by atoms with Crippen LogP contribution in [-0.2, 0) is 0 Å². The van der Waals surface area contributed by atoms with Gasteiger partial charge in [-0.25, -0.2) is 15.0 Å². The first-order valence-corrected chi connectivity index (χ1v) is 7.69. The van der Waals surface area contributed by atoms with Crippen LogP contribution in [0.5, 0.6) is 0 Å². The van der Waals surface area contributed by atoms with E-state index in [1.807, 2.05) is 5.38 Å². The van der Waals surface area contributed by atoms with Crippen LogP contribution in [0.15, 0.2) is 54.2 Å². The van der Waals surface area contributed by atoms with E-state index in [9.17, 15) is 4.79 Å². The molecule has 0 fully saturated rings. The summed E-state index contributed by atoms with van der Waals surface area (Å²) in [4.78, 5) is 24.7. The number of hydrogen-bond acceptors (Lipinski definition) is 5. The number of hydrogen-bond donors (Lipinski definition) is 0. The van der Waals surface area contributed by atoms with E-state index in [1.54, 1.807) is 48.8 Å². The van der Waals surface area contributed by atoms with E-state index in [0.29, 0.717) is 22.1 Å². The van der Waals surface area contributed by atoms with Crippen molar-refractivity contribution in [2.45, 2.75) is 0 Å². The van der Waals surface area contributed by atoms with Crippen molar-refractivity contribution in [2.24, 2.45) is 0 Å². The molecule has 0 N–H and O–H groups in total. The molecule has 0 bridgehead atoms. The standard InChI is InChI=1S/C16H10ClN3OS/c17-12-4-2-11(3-5-12)14(21)7-6-13-10-22-16(20-13)15-18-8-1-9-19-15/h1-10H. The SMILES string of the molecule is O=C(C=Cc1csc(-c2ncccn2)n1)c1ccc(Cl)cc1. The molecule has 0 unspecified atom stereocenters. The second kappa shape index (κ2) is 6.60. The maximum atomic E-state index is 12.0. The summed E-state index contributed by atoms with van der Waals surface area (Å²) in [6.07, 6.45) is 6.51. The van der Waals surface area contributed by atoms with Crippen LogP contribution in [0.3, 0.4) is 0 Å².